The van der Waals surface area contributed by atoms with Crippen LogP contribution in [-0.2, 0) is 57.4 Å². The second-order valence-corrected chi connectivity index (χ2v) is 23.3. The van der Waals surface area contributed by atoms with Crippen molar-refractivity contribution in [3.8, 4) is 23.0 Å². The fourth-order valence-electron chi connectivity index (χ4n) is 10.3. The molecule has 504 valence electrons. The van der Waals surface area contributed by atoms with E-state index in [1.54, 1.807) is 0 Å². The van der Waals surface area contributed by atoms with Gasteiger partial charge in [0.1, 0.15) is 60.4 Å². The van der Waals surface area contributed by atoms with Crippen LogP contribution >= 0.6 is 0 Å². The number of carbonyl (C=O) groups is 12. The summed E-state index contributed by atoms with van der Waals surface area (Å²) in [7, 11) is 7.34. The van der Waals surface area contributed by atoms with Gasteiger partial charge in [-0.1, -0.05) is 0 Å². The molecular formula is C60H74N14O20. The van der Waals surface area contributed by atoms with Gasteiger partial charge in [-0.05, 0) is 102 Å². The SMILES string of the molecule is COc1ccc2nc(C(=O)NC3COC(=O)C(C(C)(C)O)N(C)C(=O)CN(C)C(=O)CNC(=O)C4CCC=NN4C(=O)C(NC(=O)c4nc5ccc(OC)cc5cc4O)COC(=O)C(C(C)(C)O)N(C)C(=O)CN(C)C(=O)CNC(=O)C4CCC=NN4C3=O)c(O)cc2c1. The maximum Gasteiger partial charge on any atom is 0.331 e. The molecule has 4 aromatic rings. The number of nitrogens with one attached hydrogen (secondary N) is 4. The maximum atomic E-state index is 14.7. The summed E-state index contributed by atoms with van der Waals surface area (Å²) in [4.78, 5) is 181. The van der Waals surface area contributed by atoms with Crippen LogP contribution in [0.1, 0.15) is 74.4 Å². The van der Waals surface area contributed by atoms with E-state index < -0.39 is 181 Å². The Morgan fingerprint density at radius 2 is 0.926 bits per heavy atom. The standard InChI is InChI=1S/C60H74N14O20/c1-59(2,89)49-57(87)93-29-37(67-53(83)47-41(75)23-31-21-33(91-9)15-17-35(31)65-47)55(85)73-39(13-11-19-63-73)51(81)62-26-44(78)70(6)28-46(80)72(8)50(60(3,4)90)58(88)94-30-38(68-54(84)48-42(76)24-32-22-34(92-10)16-18-36(32)66-48)56(86)74-40(14-12-20-64-74)52(82)61-25-43(77)69(5)27-45(79)71(49)7/h15-24,37-40,49-50,75-76,89-90H,11-14,25-30H2,1-10H3,(H,61,82)(H,62,81)(H,67,83)(H,68,84). The molecule has 0 radical (unpaired) electrons. The highest BCUT2D eigenvalue weighted by Gasteiger charge is 2.45. The number of methoxy groups -OCH3 is 2. The van der Waals surface area contributed by atoms with Crippen molar-refractivity contribution in [2.75, 3.05) is 81.8 Å². The van der Waals surface area contributed by atoms with Crippen LogP contribution in [-0.4, -0.2) is 273 Å². The van der Waals surface area contributed by atoms with Gasteiger partial charge in [-0.3, -0.25) is 47.9 Å². The first-order valence-corrected chi connectivity index (χ1v) is 29.2. The predicted molar refractivity (Wildman–Crippen MR) is 328 cm³/mol. The van der Waals surface area contributed by atoms with Gasteiger partial charge in [0, 0.05) is 51.4 Å². The van der Waals surface area contributed by atoms with Crippen molar-refractivity contribution in [2.24, 2.45) is 10.2 Å². The van der Waals surface area contributed by atoms with Gasteiger partial charge in [0.2, 0.25) is 35.4 Å². The van der Waals surface area contributed by atoms with Gasteiger partial charge in [-0.2, -0.15) is 10.2 Å². The minimum absolute atomic E-state index is 0.0963. The van der Waals surface area contributed by atoms with Crippen LogP contribution < -0.4 is 30.7 Å². The van der Waals surface area contributed by atoms with Crippen LogP contribution in [0.3, 0.4) is 0 Å². The number of benzene rings is 2. The van der Waals surface area contributed by atoms with E-state index in [0.717, 1.165) is 61.4 Å². The molecule has 3 aliphatic rings. The molecule has 7 rings (SSSR count). The number of aromatic nitrogens is 2. The molecule has 34 heteroatoms. The molecule has 0 aliphatic carbocycles. The van der Waals surface area contributed by atoms with Gasteiger partial charge in [-0.15, -0.1) is 0 Å². The third kappa shape index (κ3) is 16.7. The Morgan fingerprint density at radius 3 is 1.27 bits per heavy atom. The first kappa shape index (κ1) is 70.8. The summed E-state index contributed by atoms with van der Waals surface area (Å²) in [5.41, 5.74) is -5.10. The summed E-state index contributed by atoms with van der Waals surface area (Å²) in [5, 5.41) is 64.6. The number of aromatic hydroxyl groups is 2. The van der Waals surface area contributed by atoms with Gasteiger partial charge >= 0.3 is 11.9 Å². The Bertz CT molecular complexity index is 3480. The molecule has 8 N–H and O–H groups in total. The molecule has 3 aliphatic heterocycles. The van der Waals surface area contributed by atoms with Crippen molar-refractivity contribution >= 4 is 105 Å². The van der Waals surface area contributed by atoms with E-state index in [0.29, 0.717) is 32.3 Å². The highest BCUT2D eigenvalue weighted by Crippen LogP contribution is 2.29. The Hall–Kier alpha value is -10.6. The number of nitrogens with zero attached hydrogens (tertiary/aromatic N) is 10. The maximum absolute atomic E-state index is 14.7. The first-order chi connectivity index (χ1) is 44.2. The van der Waals surface area contributed by atoms with Crippen LogP contribution in [0.5, 0.6) is 23.0 Å². The number of esters is 2. The molecule has 5 heterocycles. The number of likely N-dealkylation sites (N-methyl/N-ethyl adjacent to an activating group) is 4. The number of carbonyl (C=O) groups excluding carboxylic acids is 12. The number of fused-ring (bicyclic) bond motifs is 4. The summed E-state index contributed by atoms with van der Waals surface area (Å²) in [6, 6.07) is 0.627. The van der Waals surface area contributed by atoms with Crippen molar-refractivity contribution < 1.29 is 96.9 Å². The molecule has 34 nitrogen and oxygen atoms in total. The third-order valence-corrected chi connectivity index (χ3v) is 15.4. The van der Waals surface area contributed by atoms with Crippen LogP contribution in [0.4, 0.5) is 0 Å². The van der Waals surface area contributed by atoms with E-state index in [4.69, 9.17) is 18.9 Å². The van der Waals surface area contributed by atoms with Gasteiger partial charge in [0.25, 0.3) is 23.6 Å². The number of aliphatic hydroxyl groups is 2. The molecule has 6 atom stereocenters. The molecular weight excluding hydrogens is 1240 g/mol. The Kier molecular flexibility index (Phi) is 22.4. The molecule has 2 aromatic carbocycles. The van der Waals surface area contributed by atoms with Gasteiger partial charge in [0.15, 0.2) is 23.5 Å². The number of pyridine rings is 2. The number of rotatable bonds is 8. The summed E-state index contributed by atoms with van der Waals surface area (Å²) < 4.78 is 21.7. The van der Waals surface area contributed by atoms with Crippen molar-refractivity contribution in [1.82, 2.24) is 60.9 Å². The lowest BCUT2D eigenvalue weighted by molar-refractivity contribution is -0.166. The minimum Gasteiger partial charge on any atom is -0.505 e. The van der Waals surface area contributed by atoms with Crippen LogP contribution in [0, 0.1) is 0 Å². The monoisotopic (exact) mass is 1310 g/mol. The highest BCUT2D eigenvalue weighted by atomic mass is 16.5. The normalized spacial score (nSPS) is 22.1. The third-order valence-electron chi connectivity index (χ3n) is 15.4. The van der Waals surface area contributed by atoms with E-state index in [9.17, 15) is 78.0 Å². The molecule has 1 fully saturated rings. The first-order valence-electron chi connectivity index (χ1n) is 29.2. The molecule has 6 unspecified atom stereocenters. The van der Waals surface area contributed by atoms with E-state index in [-0.39, 0.29) is 36.7 Å². The lowest BCUT2D eigenvalue weighted by atomic mass is 9.97. The van der Waals surface area contributed by atoms with E-state index in [1.165, 1.54) is 89.3 Å². The van der Waals surface area contributed by atoms with Crippen molar-refractivity contribution in [2.45, 2.75) is 101 Å². The second kappa shape index (κ2) is 29.8. The summed E-state index contributed by atoms with van der Waals surface area (Å²) >= 11 is 0. The predicted octanol–water partition coefficient (Wildman–Crippen LogP) is -2.49. The average molecular weight is 1310 g/mol. The quantitative estimate of drug-likeness (QED) is 0.0846. The van der Waals surface area contributed by atoms with Crippen molar-refractivity contribution in [3.63, 3.8) is 0 Å². The zero-order chi connectivity index (χ0) is 69.3. The topological polar surface area (TPSA) is 441 Å². The summed E-state index contributed by atoms with van der Waals surface area (Å²) in [6.07, 6.45) is 2.45. The van der Waals surface area contributed by atoms with Gasteiger partial charge < -0.3 is 80.2 Å². The zero-order valence-electron chi connectivity index (χ0n) is 53.1. The lowest BCUT2D eigenvalue weighted by Gasteiger charge is -2.36. The van der Waals surface area contributed by atoms with Gasteiger partial charge in [0.05, 0.1) is 62.6 Å². The van der Waals surface area contributed by atoms with Crippen LogP contribution in [0.25, 0.3) is 21.8 Å². The Labute approximate surface area is 537 Å². The Balaban J connectivity index is 1.20. The lowest BCUT2D eigenvalue weighted by Crippen LogP contribution is -2.59. The summed E-state index contributed by atoms with van der Waals surface area (Å²) in [5.74, 6) is -13.8. The smallest absolute Gasteiger partial charge is 0.331 e. The second-order valence-electron chi connectivity index (χ2n) is 23.3. The van der Waals surface area contributed by atoms with E-state index in [1.807, 2.05) is 0 Å². The zero-order valence-corrected chi connectivity index (χ0v) is 53.1. The van der Waals surface area contributed by atoms with E-state index >= 15 is 0 Å². The minimum atomic E-state index is -2.14. The number of amides is 10. The fraction of sp³-hybridized carbons (Fsp3) is 0.467. The molecule has 0 spiro atoms. The Morgan fingerprint density at radius 1 is 0.564 bits per heavy atom. The number of ether oxygens (including phenoxy) is 4. The highest BCUT2D eigenvalue weighted by molar-refractivity contribution is 6.03. The summed E-state index contributed by atoms with van der Waals surface area (Å²) in [6.45, 7) is -0.843. The number of hydrazone groups is 2. The van der Waals surface area contributed by atoms with Crippen LogP contribution in [0.2, 0.25) is 0 Å². The molecule has 0 saturated carbocycles. The molecule has 1 saturated heterocycles. The number of cyclic esters (lactones) is 2. The van der Waals surface area contributed by atoms with Crippen molar-refractivity contribution in [1.29, 1.82) is 0 Å². The van der Waals surface area contributed by atoms with Crippen molar-refractivity contribution in [3.05, 3.63) is 59.9 Å². The molecule has 2 aromatic heterocycles. The molecule has 10 amide bonds. The van der Waals surface area contributed by atoms with E-state index in [2.05, 4.69) is 41.4 Å². The number of hydrogen-bond donors (Lipinski definition) is 8. The largest absolute Gasteiger partial charge is 0.505 e. The average Bonchev–Trinajstić information content (AvgIpc) is 0.962. The molecule has 0 bridgehead atoms. The molecule has 94 heavy (non-hydrogen) atoms. The fourth-order valence-corrected chi connectivity index (χ4v) is 10.3. The van der Waals surface area contributed by atoms with Gasteiger partial charge in [-0.25, -0.2) is 29.6 Å². The van der Waals surface area contributed by atoms with Crippen LogP contribution in [0.15, 0.2) is 58.7 Å². The number of hydrogen-bond acceptors (Lipinski definition) is 24.